The number of piperidine rings is 1. The molecular formula is C34H38N2O8. The molecule has 0 bridgehead atoms. The van der Waals surface area contributed by atoms with Crippen molar-refractivity contribution in [1.82, 2.24) is 0 Å². The van der Waals surface area contributed by atoms with Crippen molar-refractivity contribution in [2.75, 3.05) is 18.0 Å². The Kier molecular flexibility index (Phi) is 10.1. The van der Waals surface area contributed by atoms with E-state index in [1.54, 1.807) is 74.5 Å². The zero-order chi connectivity index (χ0) is 31.9. The van der Waals surface area contributed by atoms with Crippen LogP contribution in [-0.4, -0.2) is 58.9 Å². The predicted octanol–water partition coefficient (Wildman–Crippen LogP) is 4.87. The van der Waals surface area contributed by atoms with Crippen LogP contribution in [0.15, 0.2) is 84.9 Å². The van der Waals surface area contributed by atoms with Crippen LogP contribution in [-0.2, 0) is 24.6 Å². The molecule has 2 unspecified atom stereocenters. The SMILES string of the molecule is CC(C)C[C@](N)(c1ccccc1N1CCCCC1)C(OC(=O)c1ccccc1)(C(=O)O)C(OC(=O)c1ccccc1)C(=O)O. The number of ether oxygens (including phenoxy) is 2. The number of hydrogen-bond acceptors (Lipinski definition) is 8. The second-order valence-electron chi connectivity index (χ2n) is 11.4. The Labute approximate surface area is 256 Å². The van der Waals surface area contributed by atoms with E-state index in [9.17, 15) is 29.4 Å². The second-order valence-corrected chi connectivity index (χ2v) is 11.4. The van der Waals surface area contributed by atoms with Crippen LogP contribution in [0.5, 0.6) is 0 Å². The molecule has 0 amide bonds. The van der Waals surface area contributed by atoms with Crippen LogP contribution in [0.1, 0.15) is 65.8 Å². The van der Waals surface area contributed by atoms with Crippen molar-refractivity contribution in [1.29, 1.82) is 0 Å². The minimum absolute atomic E-state index is 0.0207. The van der Waals surface area contributed by atoms with Gasteiger partial charge in [0.25, 0.3) is 11.7 Å². The lowest BCUT2D eigenvalue weighted by atomic mass is 9.66. The Balaban J connectivity index is 2.01. The number of esters is 2. The zero-order valence-corrected chi connectivity index (χ0v) is 24.8. The molecule has 1 saturated heterocycles. The lowest BCUT2D eigenvalue weighted by Gasteiger charge is -2.48. The van der Waals surface area contributed by atoms with E-state index in [1.807, 2.05) is 0 Å². The third-order valence-electron chi connectivity index (χ3n) is 7.88. The van der Waals surface area contributed by atoms with Crippen molar-refractivity contribution < 1.29 is 38.9 Å². The third-order valence-corrected chi connectivity index (χ3v) is 7.88. The van der Waals surface area contributed by atoms with E-state index in [4.69, 9.17) is 15.2 Å². The molecule has 44 heavy (non-hydrogen) atoms. The summed E-state index contributed by atoms with van der Waals surface area (Å²) in [5.74, 6) is -6.28. The number of hydrogen-bond donors (Lipinski definition) is 3. The Morgan fingerprint density at radius 2 is 1.32 bits per heavy atom. The highest BCUT2D eigenvalue weighted by Gasteiger charge is 2.69. The van der Waals surface area contributed by atoms with E-state index in [-0.39, 0.29) is 29.0 Å². The number of para-hydroxylation sites is 1. The van der Waals surface area contributed by atoms with Crippen LogP contribution >= 0.6 is 0 Å². The summed E-state index contributed by atoms with van der Waals surface area (Å²) < 4.78 is 11.4. The summed E-state index contributed by atoms with van der Waals surface area (Å²) in [6, 6.07) is 22.0. The predicted molar refractivity (Wildman–Crippen MR) is 163 cm³/mol. The van der Waals surface area contributed by atoms with Crippen LogP contribution in [0.3, 0.4) is 0 Å². The Morgan fingerprint density at radius 3 is 1.84 bits per heavy atom. The number of aliphatic carboxylic acids is 2. The molecule has 0 radical (unpaired) electrons. The molecule has 1 aliphatic rings. The Morgan fingerprint density at radius 1 is 0.795 bits per heavy atom. The van der Waals surface area contributed by atoms with Crippen LogP contribution in [0.2, 0.25) is 0 Å². The fraction of sp³-hybridized carbons (Fsp3) is 0.353. The molecule has 0 aromatic heterocycles. The molecular weight excluding hydrogens is 564 g/mol. The maximum absolute atomic E-state index is 13.7. The number of rotatable bonds is 12. The van der Waals surface area contributed by atoms with Crippen LogP contribution < -0.4 is 10.6 Å². The van der Waals surface area contributed by atoms with Crippen molar-refractivity contribution in [3.63, 3.8) is 0 Å². The maximum atomic E-state index is 13.7. The number of nitrogens with two attached hydrogens (primary N) is 1. The average molecular weight is 603 g/mol. The summed E-state index contributed by atoms with van der Waals surface area (Å²) >= 11 is 0. The van der Waals surface area contributed by atoms with Gasteiger partial charge in [0.1, 0.15) is 0 Å². The van der Waals surface area contributed by atoms with Gasteiger partial charge in [-0.2, -0.15) is 0 Å². The number of nitrogens with zero attached hydrogens (tertiary/aromatic N) is 1. The van der Waals surface area contributed by atoms with Crippen molar-refractivity contribution >= 4 is 29.6 Å². The maximum Gasteiger partial charge on any atom is 0.355 e. The van der Waals surface area contributed by atoms with Gasteiger partial charge in [-0.1, -0.05) is 68.4 Å². The number of carbonyl (C=O) groups excluding carboxylic acids is 2. The van der Waals surface area contributed by atoms with Gasteiger partial charge in [0.2, 0.25) is 0 Å². The fourth-order valence-electron chi connectivity index (χ4n) is 5.93. The quantitative estimate of drug-likeness (QED) is 0.245. The molecule has 232 valence electrons. The molecule has 1 heterocycles. The Bertz CT molecular complexity index is 1470. The molecule has 0 saturated carbocycles. The van der Waals surface area contributed by atoms with E-state index < -0.39 is 41.1 Å². The van der Waals surface area contributed by atoms with E-state index >= 15 is 0 Å². The summed E-state index contributed by atoms with van der Waals surface area (Å²) in [6.07, 6.45) is 0.144. The molecule has 4 N–H and O–H groups in total. The number of carbonyl (C=O) groups is 4. The third kappa shape index (κ3) is 6.45. The summed E-state index contributed by atoms with van der Waals surface area (Å²) in [7, 11) is 0. The molecule has 1 aliphatic heterocycles. The summed E-state index contributed by atoms with van der Waals surface area (Å²) in [5, 5.41) is 21.7. The van der Waals surface area contributed by atoms with Gasteiger partial charge in [-0.25, -0.2) is 19.2 Å². The van der Waals surface area contributed by atoms with Crippen molar-refractivity contribution in [3.05, 3.63) is 102 Å². The van der Waals surface area contributed by atoms with Gasteiger partial charge in [0.15, 0.2) is 0 Å². The first-order chi connectivity index (χ1) is 21.0. The highest BCUT2D eigenvalue weighted by atomic mass is 16.6. The smallest absolute Gasteiger partial charge is 0.355 e. The van der Waals surface area contributed by atoms with Crippen molar-refractivity contribution in [3.8, 4) is 0 Å². The van der Waals surface area contributed by atoms with E-state index in [0.717, 1.165) is 19.3 Å². The molecule has 1 fully saturated rings. The number of carboxylic acids is 2. The molecule has 0 aliphatic carbocycles. The van der Waals surface area contributed by atoms with Crippen molar-refractivity contribution in [2.24, 2.45) is 11.7 Å². The zero-order valence-electron chi connectivity index (χ0n) is 24.8. The van der Waals surface area contributed by atoms with Gasteiger partial charge in [0, 0.05) is 24.3 Å². The van der Waals surface area contributed by atoms with E-state index in [2.05, 4.69) is 4.90 Å². The molecule has 3 aromatic carbocycles. The second kappa shape index (κ2) is 13.7. The lowest BCUT2D eigenvalue weighted by Crippen LogP contribution is -2.72. The molecule has 3 atom stereocenters. The van der Waals surface area contributed by atoms with Crippen LogP contribution in [0.25, 0.3) is 0 Å². The summed E-state index contributed by atoms with van der Waals surface area (Å²) in [4.78, 5) is 55.9. The molecule has 10 heteroatoms. The molecule has 10 nitrogen and oxygen atoms in total. The largest absolute Gasteiger partial charge is 0.478 e. The van der Waals surface area contributed by atoms with Crippen molar-refractivity contribution in [2.45, 2.75) is 56.8 Å². The molecule has 0 spiro atoms. The van der Waals surface area contributed by atoms with Gasteiger partial charge < -0.3 is 30.3 Å². The molecule has 4 rings (SSSR count). The first-order valence-corrected chi connectivity index (χ1v) is 14.6. The summed E-state index contributed by atoms with van der Waals surface area (Å²) in [5.41, 5.74) is 2.73. The van der Waals surface area contributed by atoms with Gasteiger partial charge in [-0.3, -0.25) is 0 Å². The number of benzene rings is 3. The van der Waals surface area contributed by atoms with Crippen LogP contribution in [0.4, 0.5) is 5.69 Å². The van der Waals surface area contributed by atoms with Gasteiger partial charge >= 0.3 is 23.9 Å². The number of anilines is 1. The monoisotopic (exact) mass is 602 g/mol. The van der Waals surface area contributed by atoms with Crippen LogP contribution in [0, 0.1) is 5.92 Å². The first-order valence-electron chi connectivity index (χ1n) is 14.6. The Hall–Kier alpha value is -4.70. The highest BCUT2D eigenvalue weighted by Crippen LogP contribution is 2.47. The number of carboxylic acid groups (broad SMARTS) is 2. The van der Waals surface area contributed by atoms with E-state index in [1.165, 1.54) is 24.3 Å². The first kappa shape index (κ1) is 32.2. The van der Waals surface area contributed by atoms with Gasteiger partial charge in [-0.15, -0.1) is 0 Å². The normalized spacial score (nSPS) is 16.7. The summed E-state index contributed by atoms with van der Waals surface area (Å²) in [6.45, 7) is 4.93. The highest BCUT2D eigenvalue weighted by molar-refractivity contribution is 5.98. The lowest BCUT2D eigenvalue weighted by molar-refractivity contribution is -0.198. The minimum Gasteiger partial charge on any atom is -0.478 e. The molecule has 3 aromatic rings. The fourth-order valence-corrected chi connectivity index (χ4v) is 5.93. The minimum atomic E-state index is -3.12. The topological polar surface area (TPSA) is 156 Å². The average Bonchev–Trinajstić information content (AvgIpc) is 3.03. The van der Waals surface area contributed by atoms with Gasteiger partial charge in [0.05, 0.1) is 16.7 Å². The van der Waals surface area contributed by atoms with Gasteiger partial charge in [-0.05, 0) is 61.9 Å². The van der Waals surface area contributed by atoms with E-state index in [0.29, 0.717) is 18.8 Å². The standard InChI is InChI=1S/C34H38N2O8/c1-23(2)22-33(35,26-18-10-11-19-27(26)36-20-12-5-13-21-36)34(32(41)42,44-31(40)25-16-8-4-9-17-25)28(29(37)38)43-30(39)24-14-6-3-7-15-24/h3-4,6-11,14-19,23,28H,5,12-13,20-22,35H2,1-2H3,(H,37,38)(H,41,42)/t28?,33-,34?/m0/s1.